The third-order valence-corrected chi connectivity index (χ3v) is 6.04. The topological polar surface area (TPSA) is 49.6 Å². The molecule has 6 heteroatoms. The van der Waals surface area contributed by atoms with E-state index in [0.717, 1.165) is 37.3 Å². The number of aromatic nitrogens is 1. The van der Waals surface area contributed by atoms with Gasteiger partial charge in [0.15, 0.2) is 0 Å². The average molecular weight is 408 g/mol. The summed E-state index contributed by atoms with van der Waals surface area (Å²) in [7, 11) is 0. The number of hydrogen-bond acceptors (Lipinski definition) is 4. The molecule has 2 aliphatic heterocycles. The molecule has 0 spiro atoms. The Morgan fingerprint density at radius 1 is 1.07 bits per heavy atom. The highest BCUT2D eigenvalue weighted by molar-refractivity contribution is 6.30. The lowest BCUT2D eigenvalue weighted by atomic mass is 10.0. The summed E-state index contributed by atoms with van der Waals surface area (Å²) in [6, 6.07) is 15.3. The van der Waals surface area contributed by atoms with Crippen molar-refractivity contribution in [2.24, 2.45) is 0 Å². The van der Waals surface area contributed by atoms with Crippen LogP contribution in [0.2, 0.25) is 5.02 Å². The molecule has 0 radical (unpaired) electrons. The summed E-state index contributed by atoms with van der Waals surface area (Å²) >= 11 is 6.06. The van der Waals surface area contributed by atoms with Crippen molar-refractivity contribution in [1.29, 1.82) is 0 Å². The van der Waals surface area contributed by atoms with Crippen LogP contribution in [0, 0.1) is 0 Å². The quantitative estimate of drug-likeness (QED) is 0.623. The first-order valence-corrected chi connectivity index (χ1v) is 10.4. The Kier molecular flexibility index (Phi) is 4.86. The second kappa shape index (κ2) is 7.65. The Balaban J connectivity index is 1.39. The zero-order valence-corrected chi connectivity index (χ0v) is 16.9. The molecule has 0 saturated carbocycles. The van der Waals surface area contributed by atoms with Gasteiger partial charge in [-0.2, -0.15) is 0 Å². The van der Waals surface area contributed by atoms with Crippen LogP contribution in [0.15, 0.2) is 53.1 Å². The predicted molar refractivity (Wildman–Crippen MR) is 113 cm³/mol. The van der Waals surface area contributed by atoms with E-state index in [-0.39, 0.29) is 11.7 Å². The number of hydrogen-bond donors (Lipinski definition) is 0. The summed E-state index contributed by atoms with van der Waals surface area (Å²) in [5.41, 5.74) is 5.04. The number of anilines is 1. The van der Waals surface area contributed by atoms with Crippen LogP contribution in [-0.4, -0.2) is 35.6 Å². The van der Waals surface area contributed by atoms with Gasteiger partial charge >= 0.3 is 0 Å². The van der Waals surface area contributed by atoms with E-state index in [1.165, 1.54) is 24.0 Å². The van der Waals surface area contributed by atoms with Crippen LogP contribution >= 0.6 is 11.6 Å². The minimum Gasteiger partial charge on any atom is -0.350 e. The van der Waals surface area contributed by atoms with Crippen LogP contribution in [0.5, 0.6) is 0 Å². The molecule has 29 heavy (non-hydrogen) atoms. The minimum absolute atomic E-state index is 0.150. The molecule has 3 heterocycles. The Hall–Kier alpha value is -2.63. The van der Waals surface area contributed by atoms with Crippen molar-refractivity contribution in [3.8, 4) is 11.3 Å². The van der Waals surface area contributed by atoms with Gasteiger partial charge < -0.3 is 9.42 Å². The van der Waals surface area contributed by atoms with Crippen LogP contribution in [0.4, 0.5) is 5.69 Å². The van der Waals surface area contributed by atoms with Crippen molar-refractivity contribution in [2.75, 3.05) is 24.5 Å². The zero-order valence-electron chi connectivity index (χ0n) is 16.1. The molecule has 1 fully saturated rings. The maximum Gasteiger partial charge on any atom is 0.296 e. The maximum absolute atomic E-state index is 13.1. The van der Waals surface area contributed by atoms with Crippen LogP contribution in [0.1, 0.15) is 34.5 Å². The minimum atomic E-state index is -0.150. The SMILES string of the molecule is O=C(c1cc(-c2cccc(Cl)c2)no1)N1CCc2c(CN3CCCC3)cccc21. The Morgan fingerprint density at radius 2 is 1.90 bits per heavy atom. The fourth-order valence-electron chi connectivity index (χ4n) is 4.34. The highest BCUT2D eigenvalue weighted by atomic mass is 35.5. The summed E-state index contributed by atoms with van der Waals surface area (Å²) in [6.07, 6.45) is 3.43. The molecular weight excluding hydrogens is 386 g/mol. The molecule has 1 amide bonds. The van der Waals surface area contributed by atoms with Crippen molar-refractivity contribution in [1.82, 2.24) is 10.1 Å². The largest absolute Gasteiger partial charge is 0.350 e. The maximum atomic E-state index is 13.1. The van der Waals surface area contributed by atoms with Crippen molar-refractivity contribution < 1.29 is 9.32 Å². The Morgan fingerprint density at radius 3 is 2.72 bits per heavy atom. The van der Waals surface area contributed by atoms with Gasteiger partial charge in [-0.15, -0.1) is 0 Å². The van der Waals surface area contributed by atoms with Gasteiger partial charge in [-0.25, -0.2) is 0 Å². The van der Waals surface area contributed by atoms with E-state index in [0.29, 0.717) is 17.3 Å². The fraction of sp³-hybridized carbons (Fsp3) is 0.304. The van der Waals surface area contributed by atoms with E-state index in [4.69, 9.17) is 16.1 Å². The second-order valence-corrected chi connectivity index (χ2v) is 8.13. The summed E-state index contributed by atoms with van der Waals surface area (Å²) in [6.45, 7) is 3.96. The van der Waals surface area contributed by atoms with E-state index >= 15 is 0 Å². The standard InChI is InChI=1S/C23H22ClN3O2/c24-18-7-3-5-16(13-18)20-14-22(29-25-20)23(28)27-12-9-19-17(6-4-8-21(19)27)15-26-10-1-2-11-26/h3-8,13-14H,1-2,9-12,15H2. The van der Waals surface area contributed by atoms with Gasteiger partial charge in [0.1, 0.15) is 5.69 Å². The number of nitrogens with zero attached hydrogens (tertiary/aromatic N) is 3. The molecule has 5 nitrogen and oxygen atoms in total. The summed E-state index contributed by atoms with van der Waals surface area (Å²) in [4.78, 5) is 17.4. The van der Waals surface area contributed by atoms with E-state index in [2.05, 4.69) is 16.1 Å². The molecule has 0 atom stereocenters. The molecule has 0 unspecified atom stereocenters. The van der Waals surface area contributed by atoms with Gasteiger partial charge in [0.25, 0.3) is 5.91 Å². The van der Waals surface area contributed by atoms with E-state index in [1.807, 2.05) is 35.2 Å². The van der Waals surface area contributed by atoms with Crippen LogP contribution in [-0.2, 0) is 13.0 Å². The number of likely N-dealkylation sites (tertiary alicyclic amines) is 1. The Labute approximate surface area is 174 Å². The first kappa shape index (κ1) is 18.4. The van der Waals surface area contributed by atoms with Crippen LogP contribution in [0.25, 0.3) is 11.3 Å². The van der Waals surface area contributed by atoms with Crippen molar-refractivity contribution in [3.63, 3.8) is 0 Å². The molecule has 0 N–H and O–H groups in total. The molecule has 5 rings (SSSR count). The third kappa shape index (κ3) is 3.56. The normalized spacial score (nSPS) is 16.4. The number of rotatable bonds is 4. The number of carbonyl (C=O) groups excluding carboxylic acids is 1. The number of fused-ring (bicyclic) bond motifs is 1. The van der Waals surface area contributed by atoms with Crippen LogP contribution in [0.3, 0.4) is 0 Å². The number of amides is 1. The van der Waals surface area contributed by atoms with E-state index in [9.17, 15) is 4.79 Å². The van der Waals surface area contributed by atoms with Crippen molar-refractivity contribution in [2.45, 2.75) is 25.8 Å². The average Bonchev–Trinajstić information content (AvgIpc) is 3.48. The molecule has 3 aromatic rings. The van der Waals surface area contributed by atoms with Gasteiger partial charge in [0, 0.05) is 35.4 Å². The molecule has 1 aromatic heterocycles. The lowest BCUT2D eigenvalue weighted by molar-refractivity contribution is 0.0954. The monoisotopic (exact) mass is 407 g/mol. The van der Waals surface area contributed by atoms with Crippen molar-refractivity contribution in [3.05, 3.63) is 70.4 Å². The first-order valence-electron chi connectivity index (χ1n) is 10.1. The summed E-state index contributed by atoms with van der Waals surface area (Å²) < 4.78 is 5.39. The second-order valence-electron chi connectivity index (χ2n) is 7.69. The molecule has 1 saturated heterocycles. The zero-order chi connectivity index (χ0) is 19.8. The summed E-state index contributed by atoms with van der Waals surface area (Å²) in [5.74, 6) is 0.0978. The Bertz CT molecular complexity index is 1060. The van der Waals surface area contributed by atoms with Gasteiger partial charge in [-0.3, -0.25) is 9.69 Å². The first-order chi connectivity index (χ1) is 14.2. The van der Waals surface area contributed by atoms with Crippen LogP contribution < -0.4 is 4.90 Å². The molecule has 148 valence electrons. The van der Waals surface area contributed by atoms with Gasteiger partial charge in [0.05, 0.1) is 0 Å². The highest BCUT2D eigenvalue weighted by Gasteiger charge is 2.30. The predicted octanol–water partition coefficient (Wildman–Crippen LogP) is 4.79. The number of halogens is 1. The lowest BCUT2D eigenvalue weighted by Gasteiger charge is -2.19. The van der Waals surface area contributed by atoms with Gasteiger partial charge in [-0.1, -0.05) is 41.0 Å². The van der Waals surface area contributed by atoms with Crippen molar-refractivity contribution >= 4 is 23.2 Å². The smallest absolute Gasteiger partial charge is 0.296 e. The number of benzene rings is 2. The van der Waals surface area contributed by atoms with Gasteiger partial charge in [0.2, 0.25) is 5.76 Å². The number of carbonyl (C=O) groups is 1. The molecule has 2 aromatic carbocycles. The molecule has 2 aliphatic rings. The lowest BCUT2D eigenvalue weighted by Crippen LogP contribution is -2.28. The summed E-state index contributed by atoms with van der Waals surface area (Å²) in [5, 5.41) is 4.70. The molecule has 0 bridgehead atoms. The third-order valence-electron chi connectivity index (χ3n) is 5.80. The fourth-order valence-corrected chi connectivity index (χ4v) is 4.53. The van der Waals surface area contributed by atoms with Gasteiger partial charge in [-0.05, 0) is 61.7 Å². The molecular formula is C23H22ClN3O2. The van der Waals surface area contributed by atoms with E-state index < -0.39 is 0 Å². The van der Waals surface area contributed by atoms with E-state index in [1.54, 1.807) is 12.1 Å². The molecule has 0 aliphatic carbocycles. The highest BCUT2D eigenvalue weighted by Crippen LogP contribution is 2.33.